The number of amides is 1. The van der Waals surface area contributed by atoms with Gasteiger partial charge in [0.05, 0.1) is 47.8 Å². The molecule has 0 saturated carbocycles. The zero-order valence-electron chi connectivity index (χ0n) is 44.1. The second kappa shape index (κ2) is 27.8. The third-order valence-electron chi connectivity index (χ3n) is 12.3. The molecule has 0 spiro atoms. The number of nitrogens with one attached hydrogen (secondary N) is 1. The normalized spacial score (nSPS) is 20.4. The molecule has 0 aliphatic carbocycles. The second-order valence-corrected chi connectivity index (χ2v) is 25.1. The van der Waals surface area contributed by atoms with Crippen LogP contribution in [-0.4, -0.2) is 95.2 Å². The number of unbranched alkanes of at least 4 members (excludes halogenated alkanes) is 2. The van der Waals surface area contributed by atoms with Crippen LogP contribution in [0.2, 0.25) is 0 Å². The first-order valence-electron chi connectivity index (χ1n) is 22.4. The molecule has 3 aliphatic rings. The van der Waals surface area contributed by atoms with Gasteiger partial charge in [-0.1, -0.05) is 43.9 Å². The summed E-state index contributed by atoms with van der Waals surface area (Å²) in [6, 6.07) is 8.59. The van der Waals surface area contributed by atoms with E-state index in [2.05, 4.69) is 35.3 Å². The van der Waals surface area contributed by atoms with Crippen molar-refractivity contribution in [1.82, 2.24) is 14.9 Å². The van der Waals surface area contributed by atoms with Crippen molar-refractivity contribution in [2.45, 2.75) is 106 Å². The summed E-state index contributed by atoms with van der Waals surface area (Å²) in [4.78, 5) is 74.9. The molecular weight excluding hydrogens is 1110 g/mol. The Bertz CT molecular complexity index is 3350. The molecule has 3 aliphatic heterocycles. The maximum absolute atomic E-state index is 12.8. The standard InChI is InChI=1S/C43H55N6O20P3S2.4Li/c1-6-47-32-22-28(73(60,61)62)16-18-30(32)42(2,3)36(47)13-10-14-37-43(4,5)31-19-17-29(74(63,64)65)23-33(31)48(37)21-9-7-8-15-38(51)45-20-11-12-27-25-49(41(52)46-40(27)44)39-24-34(50)35(67-39)26-66-71(56,57)69-72(58,59)68-70(53,54)55;;;;/h10,13-14,16-19,22-23,25,34-35,39,50H,6-9,15,20-21,24,26H2,1-5H3,(H8-,44,45,46,51,52,53,54,55,56,57,58,59,60,61,62,63,64,65);;;;/q;4*+1/p-5. The van der Waals surface area contributed by atoms with Crippen molar-refractivity contribution < 1.29 is 167 Å². The number of likely N-dealkylation sites (N-methyl/N-ethyl adjacent to an activating group) is 1. The van der Waals surface area contributed by atoms with E-state index in [0.29, 0.717) is 43.7 Å². The fraction of sp³-hybridized carbons (Fsp3) is 0.442. The Labute approximate surface area is 498 Å². The predicted molar refractivity (Wildman–Crippen MR) is 252 cm³/mol. The number of phosphoric acid groups is 3. The Morgan fingerprint density at radius 2 is 1.55 bits per heavy atom. The Balaban J connectivity index is 0.00000520. The first-order chi connectivity index (χ1) is 34.1. The van der Waals surface area contributed by atoms with Crippen LogP contribution in [-0.2, 0) is 67.4 Å². The molecule has 5 atom stereocenters. The Hall–Kier alpha value is -2.36. The van der Waals surface area contributed by atoms with Gasteiger partial charge in [-0.25, -0.2) is 25.9 Å². The summed E-state index contributed by atoms with van der Waals surface area (Å²) in [6.07, 6.45) is 3.72. The van der Waals surface area contributed by atoms with Crippen molar-refractivity contribution in [2.75, 3.05) is 36.9 Å². The molecule has 5 unspecified atom stereocenters. The topological polar surface area (TPSA) is 411 Å². The largest absolute Gasteiger partial charge is 1.00 e. The number of rotatable bonds is 20. The van der Waals surface area contributed by atoms with E-state index >= 15 is 0 Å². The number of carbonyl (C=O) groups is 1. The third-order valence-corrected chi connectivity index (χ3v) is 17.6. The molecule has 78 heavy (non-hydrogen) atoms. The summed E-state index contributed by atoms with van der Waals surface area (Å²) in [5, 5.41) is 13.1. The van der Waals surface area contributed by atoms with Gasteiger partial charge < -0.3 is 63.6 Å². The average molecular weight is 1160 g/mol. The van der Waals surface area contributed by atoms with Crippen LogP contribution in [0.4, 0.5) is 17.2 Å². The Morgan fingerprint density at radius 1 is 0.936 bits per heavy atom. The Morgan fingerprint density at radius 3 is 2.15 bits per heavy atom. The average Bonchev–Trinajstić information content (AvgIpc) is 3.82. The van der Waals surface area contributed by atoms with Gasteiger partial charge in [0.15, 0.2) is 5.71 Å². The molecule has 26 nitrogen and oxygen atoms in total. The van der Waals surface area contributed by atoms with Gasteiger partial charge in [-0.2, -0.15) is 9.56 Å². The van der Waals surface area contributed by atoms with E-state index in [0.717, 1.165) is 33.3 Å². The number of anilines is 2. The van der Waals surface area contributed by atoms with Gasteiger partial charge in [0, 0.05) is 66.5 Å². The molecule has 3 aromatic rings. The number of hydrogen-bond acceptors (Lipinski definition) is 23. The van der Waals surface area contributed by atoms with Crippen molar-refractivity contribution >= 4 is 72.5 Å². The predicted octanol–water partition coefficient (Wildman–Crippen LogP) is -11.5. The monoisotopic (exact) mass is 1160 g/mol. The van der Waals surface area contributed by atoms with Crippen molar-refractivity contribution in [1.29, 1.82) is 0 Å². The van der Waals surface area contributed by atoms with Crippen molar-refractivity contribution in [2.24, 2.45) is 0 Å². The van der Waals surface area contributed by atoms with Crippen molar-refractivity contribution in [3.63, 3.8) is 0 Å². The number of aliphatic hydroxyl groups excluding tert-OH is 1. The molecule has 0 bridgehead atoms. The zero-order valence-corrected chi connectivity index (χ0v) is 48.4. The number of allylic oxidation sites excluding steroid dienone is 4. The van der Waals surface area contributed by atoms with Crippen LogP contribution in [0.5, 0.6) is 0 Å². The molecule has 0 radical (unpaired) electrons. The maximum atomic E-state index is 12.8. The molecule has 4 N–H and O–H groups in total. The number of nitrogen functional groups attached to an aromatic ring is 1. The number of aliphatic hydroxyl groups is 1. The number of nitrogens with zero attached hydrogens (tertiary/aromatic N) is 4. The first kappa shape index (κ1) is 71.7. The summed E-state index contributed by atoms with van der Waals surface area (Å²) in [6.45, 7) is 9.40. The van der Waals surface area contributed by atoms with Crippen molar-refractivity contribution in [3.8, 4) is 11.8 Å². The van der Waals surface area contributed by atoms with Gasteiger partial charge >= 0.3 is 81.1 Å². The van der Waals surface area contributed by atoms with E-state index in [-0.39, 0.29) is 117 Å². The van der Waals surface area contributed by atoms with Crippen LogP contribution < -0.4 is 117 Å². The van der Waals surface area contributed by atoms with Crippen LogP contribution >= 0.6 is 23.5 Å². The van der Waals surface area contributed by atoms with Gasteiger partial charge in [-0.3, -0.25) is 22.8 Å². The van der Waals surface area contributed by atoms with E-state index in [4.69, 9.17) is 10.5 Å². The van der Waals surface area contributed by atoms with Gasteiger partial charge in [0.25, 0.3) is 15.6 Å². The van der Waals surface area contributed by atoms with Crippen LogP contribution in [0, 0.1) is 11.8 Å². The third kappa shape index (κ3) is 17.6. The number of benzene rings is 2. The second-order valence-electron chi connectivity index (χ2n) is 18.1. The number of nitrogens with two attached hydrogens (primary N) is 1. The molecule has 1 amide bonds. The molecular formula is C43H50Li4N6O20P3S2-. The van der Waals surface area contributed by atoms with E-state index < -0.39 is 90.2 Å². The summed E-state index contributed by atoms with van der Waals surface area (Å²) < 4.78 is 125. The van der Waals surface area contributed by atoms with Crippen molar-refractivity contribution in [3.05, 3.63) is 93.7 Å². The minimum Gasteiger partial charge on any atom is -0.790 e. The molecule has 4 heterocycles. The van der Waals surface area contributed by atoms with Gasteiger partial charge in [0.1, 0.15) is 44.9 Å². The maximum Gasteiger partial charge on any atom is 1.00 e. The Kier molecular flexibility index (Phi) is 25.6. The zero-order chi connectivity index (χ0) is 55.0. The molecule has 6 rings (SSSR count). The number of hydrogen-bond donors (Lipinski definition) is 3. The van der Waals surface area contributed by atoms with Gasteiger partial charge in [-0.15, -0.1) is 0 Å². The van der Waals surface area contributed by atoms with Crippen LogP contribution in [0.25, 0.3) is 0 Å². The fourth-order valence-corrected chi connectivity index (χ4v) is 12.7. The SMILES string of the molecule is CCN1C(=CC=CC2=[N+](CCCCCC(=O)NCC#Cc3cn(C4CC(O)C(COP(=O)([O-])OP(=O)([O-])OP(=O)([O-])[O-])O4)c(=O)nc3N)c3cc(S(=O)(=O)[O-])ccc3C2(C)C)C(C)(C)c2ccc(S(=O)(=O)[O-])cc21.[Li+].[Li+].[Li+].[Li+]. The minimum atomic E-state index is -6.24. The number of fused-ring (bicyclic) bond motifs is 2. The smallest absolute Gasteiger partial charge is 0.790 e. The van der Waals surface area contributed by atoms with E-state index in [1.54, 1.807) is 12.1 Å². The molecule has 2 aromatic carbocycles. The minimum absolute atomic E-state index is 0. The number of aromatic nitrogens is 2. The molecule has 404 valence electrons. The van der Waals surface area contributed by atoms with Crippen LogP contribution in [0.3, 0.4) is 0 Å². The molecule has 1 saturated heterocycles. The van der Waals surface area contributed by atoms with E-state index in [9.17, 15) is 73.9 Å². The fourth-order valence-electron chi connectivity index (χ4n) is 8.83. The van der Waals surface area contributed by atoms with E-state index in [1.165, 1.54) is 24.3 Å². The van der Waals surface area contributed by atoms with E-state index in [1.807, 2.05) is 62.3 Å². The van der Waals surface area contributed by atoms with Gasteiger partial charge in [-0.05, 0) is 63.5 Å². The first-order valence-corrected chi connectivity index (χ1v) is 29.6. The van der Waals surface area contributed by atoms with Crippen LogP contribution in [0.15, 0.2) is 81.1 Å². The van der Waals surface area contributed by atoms with Gasteiger partial charge in [0.2, 0.25) is 11.6 Å². The number of phosphoric ester groups is 1. The molecule has 35 heteroatoms. The summed E-state index contributed by atoms with van der Waals surface area (Å²) in [5.41, 5.74) is 8.07. The quantitative estimate of drug-likeness (QED) is 0.0236. The number of ether oxygens (including phenoxy) is 1. The summed E-state index contributed by atoms with van der Waals surface area (Å²) >= 11 is 0. The number of carbonyl (C=O) groups excluding carboxylic acids is 1. The van der Waals surface area contributed by atoms with Crippen LogP contribution in [0.1, 0.15) is 89.6 Å². The molecule has 1 aromatic heterocycles. The summed E-state index contributed by atoms with van der Waals surface area (Å²) in [7, 11) is -27.9. The molecule has 1 fully saturated rings. The summed E-state index contributed by atoms with van der Waals surface area (Å²) in [5.74, 6) is 4.70.